The van der Waals surface area contributed by atoms with Crippen molar-refractivity contribution in [2.24, 2.45) is 13.0 Å². The molecule has 0 saturated heterocycles. The lowest BCUT2D eigenvalue weighted by Crippen LogP contribution is -2.42. The molecule has 1 aliphatic rings. The van der Waals surface area contributed by atoms with E-state index in [1.807, 2.05) is 25.6 Å². The van der Waals surface area contributed by atoms with E-state index in [4.69, 9.17) is 14.5 Å². The van der Waals surface area contributed by atoms with E-state index in [1.165, 1.54) is 12.8 Å². The highest BCUT2D eigenvalue weighted by Gasteiger charge is 2.35. The molecule has 0 unspecified atom stereocenters. The number of hydrogen-bond acceptors (Lipinski definition) is 6. The predicted molar refractivity (Wildman–Crippen MR) is 161 cm³/mol. The summed E-state index contributed by atoms with van der Waals surface area (Å²) in [5.41, 5.74) is 6.88. The van der Waals surface area contributed by atoms with E-state index in [9.17, 15) is 0 Å². The van der Waals surface area contributed by atoms with E-state index in [-0.39, 0.29) is 0 Å². The highest BCUT2D eigenvalue weighted by atomic mass is 28.3. The van der Waals surface area contributed by atoms with Crippen molar-refractivity contribution in [3.63, 3.8) is 0 Å². The molecule has 4 aromatic rings. The van der Waals surface area contributed by atoms with Crippen LogP contribution in [0.1, 0.15) is 39.2 Å². The Kier molecular flexibility index (Phi) is 7.53. The Balaban J connectivity index is 1.45. The molecule has 0 atom stereocenters. The van der Waals surface area contributed by atoms with Gasteiger partial charge in [0.1, 0.15) is 5.75 Å². The summed E-state index contributed by atoms with van der Waals surface area (Å²) >= 11 is 0. The Morgan fingerprint density at radius 1 is 1.03 bits per heavy atom. The Morgan fingerprint density at radius 2 is 1.82 bits per heavy atom. The average molecular weight is 544 g/mol. The first-order valence-corrected chi connectivity index (χ1v) is 17.0. The minimum absolute atomic E-state index is 0.295. The Morgan fingerprint density at radius 3 is 2.49 bits per heavy atom. The Hall–Kier alpha value is -3.23. The van der Waals surface area contributed by atoms with Crippen LogP contribution in [0.15, 0.2) is 55.0 Å². The van der Waals surface area contributed by atoms with Crippen molar-refractivity contribution in [2.45, 2.75) is 58.4 Å². The first kappa shape index (κ1) is 27.3. The molecular formula is C31H41N5O2Si. The van der Waals surface area contributed by atoms with Gasteiger partial charge in [0.15, 0.2) is 0 Å². The number of methoxy groups -OCH3 is 1. The molecule has 0 amide bonds. The summed E-state index contributed by atoms with van der Waals surface area (Å²) in [5.74, 6) is 1.54. The first-order valence-electron chi connectivity index (χ1n) is 13.8. The van der Waals surface area contributed by atoms with Crippen LogP contribution in [0.4, 0.5) is 11.4 Å². The molecule has 8 heteroatoms. The van der Waals surface area contributed by atoms with Crippen LogP contribution in [0.3, 0.4) is 0 Å². The summed E-state index contributed by atoms with van der Waals surface area (Å²) in [4.78, 5) is 12.0. The van der Waals surface area contributed by atoms with Gasteiger partial charge in [-0.15, -0.1) is 0 Å². The number of anilines is 2. The van der Waals surface area contributed by atoms with Crippen molar-refractivity contribution in [1.82, 2.24) is 19.7 Å². The number of fused-ring (bicyclic) bond motifs is 1. The van der Waals surface area contributed by atoms with Crippen molar-refractivity contribution < 1.29 is 9.47 Å². The van der Waals surface area contributed by atoms with Crippen molar-refractivity contribution in [3.8, 4) is 17.0 Å². The third kappa shape index (κ3) is 6.33. The second-order valence-corrected chi connectivity index (χ2v) is 18.1. The third-order valence-corrected chi connectivity index (χ3v) is 13.2. The molecule has 5 rings (SSSR count). The maximum Gasteiger partial charge on any atom is 0.121 e. The van der Waals surface area contributed by atoms with Gasteiger partial charge in [0.2, 0.25) is 0 Å². The Labute approximate surface area is 233 Å². The highest BCUT2D eigenvalue weighted by Crippen LogP contribution is 2.39. The molecule has 1 fully saturated rings. The molecule has 1 aliphatic carbocycles. The van der Waals surface area contributed by atoms with Crippen LogP contribution >= 0.6 is 0 Å². The summed E-state index contributed by atoms with van der Waals surface area (Å²) in [5, 5.41) is 4.58. The zero-order valence-corrected chi connectivity index (χ0v) is 25.4. The van der Waals surface area contributed by atoms with E-state index >= 15 is 0 Å². The lowest BCUT2D eigenvalue weighted by atomic mass is 10.1. The van der Waals surface area contributed by atoms with Crippen LogP contribution in [0, 0.1) is 5.92 Å². The zero-order chi connectivity index (χ0) is 27.8. The molecular weight excluding hydrogens is 502 g/mol. The number of nitrogens with zero attached hydrogens (tertiary/aromatic N) is 5. The van der Waals surface area contributed by atoms with Crippen LogP contribution in [-0.4, -0.2) is 47.7 Å². The molecule has 2 heterocycles. The molecule has 0 radical (unpaired) electrons. The molecule has 0 aliphatic heterocycles. The van der Waals surface area contributed by atoms with Gasteiger partial charge in [-0.25, -0.2) is 4.98 Å². The van der Waals surface area contributed by atoms with Gasteiger partial charge in [-0.2, -0.15) is 5.10 Å². The van der Waals surface area contributed by atoms with Crippen LogP contribution in [0.2, 0.25) is 18.1 Å². The second-order valence-electron chi connectivity index (χ2n) is 12.6. The van der Waals surface area contributed by atoms with Crippen LogP contribution < -0.4 is 9.64 Å². The minimum atomic E-state index is -1.52. The van der Waals surface area contributed by atoms with E-state index < -0.39 is 8.07 Å². The van der Waals surface area contributed by atoms with Gasteiger partial charge in [0.25, 0.3) is 0 Å². The van der Waals surface area contributed by atoms with Crippen LogP contribution in [0.5, 0.6) is 5.75 Å². The van der Waals surface area contributed by atoms with Crippen molar-refractivity contribution >= 4 is 30.5 Å². The maximum atomic E-state index is 6.32. The van der Waals surface area contributed by atoms with Crippen LogP contribution in [0.25, 0.3) is 22.3 Å². The molecule has 206 valence electrons. The molecule has 0 spiro atoms. The third-order valence-electron chi connectivity index (χ3n) is 8.24. The number of hydrogen-bond donors (Lipinski definition) is 0. The van der Waals surface area contributed by atoms with Gasteiger partial charge in [-0.05, 0) is 59.7 Å². The van der Waals surface area contributed by atoms with Gasteiger partial charge in [-0.1, -0.05) is 33.9 Å². The lowest BCUT2D eigenvalue weighted by molar-refractivity contribution is 0.156. The van der Waals surface area contributed by atoms with Gasteiger partial charge in [-0.3, -0.25) is 9.67 Å². The monoisotopic (exact) mass is 543 g/mol. The SMILES string of the molecule is COc1cc(COC[Si](C)(C)C(C)(C)C)cc(N(CC2CC2)c2ccc3ncc(-c4cnn(C)c4)nc3c2)c1. The molecule has 2 aromatic carbocycles. The minimum Gasteiger partial charge on any atom is -0.497 e. The molecule has 0 bridgehead atoms. The standard InChI is InChI=1S/C31H41N5O2Si/c1-31(2,3)39(6,7)21-38-20-23-12-26(14-27(13-23)37-5)36(18-22-8-9-22)25-10-11-28-29(15-25)34-30(17-32-28)24-16-33-35(4)19-24/h10-17,19,22H,8-9,18,20-21H2,1-7H3. The maximum absolute atomic E-state index is 6.32. The van der Waals surface area contributed by atoms with Gasteiger partial charge in [0, 0.05) is 49.0 Å². The number of aromatic nitrogens is 4. The highest BCUT2D eigenvalue weighted by molar-refractivity contribution is 6.80. The first-order chi connectivity index (χ1) is 18.5. The molecule has 7 nitrogen and oxygen atoms in total. The molecule has 39 heavy (non-hydrogen) atoms. The number of benzene rings is 2. The van der Waals surface area contributed by atoms with E-state index in [0.717, 1.165) is 57.8 Å². The molecule has 1 saturated carbocycles. The fourth-order valence-electron chi connectivity index (χ4n) is 4.42. The summed E-state index contributed by atoms with van der Waals surface area (Å²) in [6.45, 7) is 13.3. The normalized spacial score (nSPS) is 14.1. The topological polar surface area (TPSA) is 65.3 Å². The smallest absolute Gasteiger partial charge is 0.121 e. The van der Waals surface area contributed by atoms with Crippen molar-refractivity contribution in [2.75, 3.05) is 24.8 Å². The second kappa shape index (κ2) is 10.7. The Bertz CT molecular complexity index is 1460. The predicted octanol–water partition coefficient (Wildman–Crippen LogP) is 7.15. The largest absolute Gasteiger partial charge is 0.497 e. The summed E-state index contributed by atoms with van der Waals surface area (Å²) in [6.07, 6.45) is 8.97. The van der Waals surface area contributed by atoms with Crippen molar-refractivity contribution in [3.05, 3.63) is 60.6 Å². The van der Waals surface area contributed by atoms with Gasteiger partial charge < -0.3 is 14.4 Å². The lowest BCUT2D eigenvalue weighted by Gasteiger charge is -2.36. The summed E-state index contributed by atoms with van der Waals surface area (Å²) < 4.78 is 13.8. The van der Waals surface area contributed by atoms with Gasteiger partial charge >= 0.3 is 0 Å². The quantitative estimate of drug-likeness (QED) is 0.198. The van der Waals surface area contributed by atoms with E-state index in [0.29, 0.717) is 17.6 Å². The summed E-state index contributed by atoms with van der Waals surface area (Å²) in [7, 11) is 2.12. The average Bonchev–Trinajstić information content (AvgIpc) is 3.62. The summed E-state index contributed by atoms with van der Waals surface area (Å²) in [6, 6.07) is 12.8. The van der Waals surface area contributed by atoms with Crippen molar-refractivity contribution in [1.29, 1.82) is 0 Å². The van der Waals surface area contributed by atoms with Gasteiger partial charge in [0.05, 0.1) is 50.9 Å². The van der Waals surface area contributed by atoms with Crippen LogP contribution in [-0.2, 0) is 18.4 Å². The molecule has 2 aromatic heterocycles. The van der Waals surface area contributed by atoms with E-state index in [1.54, 1.807) is 11.8 Å². The fourth-order valence-corrected chi connectivity index (χ4v) is 5.47. The fraction of sp³-hybridized carbons (Fsp3) is 0.452. The van der Waals surface area contributed by atoms with E-state index in [2.05, 4.69) is 85.2 Å². The zero-order valence-electron chi connectivity index (χ0n) is 24.4. The number of aryl methyl sites for hydroxylation is 1. The number of ether oxygens (including phenoxy) is 2. The molecule has 0 N–H and O–H groups in total. The number of rotatable bonds is 10.